The fourth-order valence-corrected chi connectivity index (χ4v) is 2.77. The summed E-state index contributed by atoms with van der Waals surface area (Å²) in [4.78, 5) is 15.6. The molecule has 0 atom stereocenters. The third-order valence-electron chi connectivity index (χ3n) is 2.45. The summed E-state index contributed by atoms with van der Waals surface area (Å²) in [5.41, 5.74) is 6.91. The van der Waals surface area contributed by atoms with E-state index >= 15 is 0 Å². The van der Waals surface area contributed by atoms with E-state index in [0.29, 0.717) is 26.5 Å². The minimum Gasteiger partial charge on any atom is -0.495 e. The van der Waals surface area contributed by atoms with Gasteiger partial charge in [-0.2, -0.15) is 0 Å². The van der Waals surface area contributed by atoms with Crippen LogP contribution in [0.5, 0.6) is 5.75 Å². The van der Waals surface area contributed by atoms with Crippen LogP contribution in [-0.4, -0.2) is 23.2 Å². The molecule has 0 unspecified atom stereocenters. The van der Waals surface area contributed by atoms with Gasteiger partial charge in [-0.15, -0.1) is 11.3 Å². The zero-order chi connectivity index (χ0) is 14.0. The highest BCUT2D eigenvalue weighted by Gasteiger charge is 2.15. The van der Waals surface area contributed by atoms with Gasteiger partial charge in [-0.3, -0.25) is 4.79 Å². The normalized spacial score (nSPS) is 10.4. The molecular weight excluding hydrogens is 288 g/mol. The number of anilines is 1. The van der Waals surface area contributed by atoms with Crippen LogP contribution < -0.4 is 10.5 Å². The van der Waals surface area contributed by atoms with Gasteiger partial charge < -0.3 is 15.6 Å². The van der Waals surface area contributed by atoms with E-state index in [0.717, 1.165) is 16.9 Å². The standard InChI is InChI=1S/C12H11ClN2O3S/c1-18-8-3-2-6(4-7(8)13)11-9(5-10(16)17)19-12(14)15-11/h2-4H,5H2,1H3,(H2,14,15)(H,16,17). The Balaban J connectivity index is 2.46. The van der Waals surface area contributed by atoms with Gasteiger partial charge in [0.1, 0.15) is 5.75 Å². The second-order valence-corrected chi connectivity index (χ2v) is 5.27. The number of nitrogens with two attached hydrogens (primary N) is 1. The molecule has 3 N–H and O–H groups in total. The van der Waals surface area contributed by atoms with Crippen LogP contribution in [0.4, 0.5) is 5.13 Å². The minimum atomic E-state index is -0.926. The fourth-order valence-electron chi connectivity index (χ4n) is 1.67. The van der Waals surface area contributed by atoms with E-state index in [-0.39, 0.29) is 6.42 Å². The lowest BCUT2D eigenvalue weighted by Crippen LogP contribution is -1.99. The number of hydrogen-bond acceptors (Lipinski definition) is 5. The first-order valence-electron chi connectivity index (χ1n) is 5.32. The topological polar surface area (TPSA) is 85.4 Å². The van der Waals surface area contributed by atoms with E-state index in [1.54, 1.807) is 18.2 Å². The molecule has 2 aromatic rings. The van der Waals surface area contributed by atoms with Crippen molar-refractivity contribution in [2.75, 3.05) is 12.8 Å². The molecule has 1 aromatic heterocycles. The quantitative estimate of drug-likeness (QED) is 0.906. The second-order valence-electron chi connectivity index (χ2n) is 3.74. The van der Waals surface area contributed by atoms with Crippen molar-refractivity contribution >= 4 is 34.0 Å². The lowest BCUT2D eigenvalue weighted by molar-refractivity contribution is -0.136. The van der Waals surface area contributed by atoms with Crippen LogP contribution in [0.2, 0.25) is 5.02 Å². The van der Waals surface area contributed by atoms with Gasteiger partial charge in [-0.1, -0.05) is 11.6 Å². The zero-order valence-electron chi connectivity index (χ0n) is 10.0. The van der Waals surface area contributed by atoms with E-state index in [1.165, 1.54) is 7.11 Å². The van der Waals surface area contributed by atoms with E-state index in [9.17, 15) is 4.79 Å². The van der Waals surface area contributed by atoms with Crippen molar-refractivity contribution in [2.24, 2.45) is 0 Å². The molecule has 0 saturated carbocycles. The molecule has 100 valence electrons. The molecule has 7 heteroatoms. The number of halogens is 1. The Labute approximate surface area is 118 Å². The number of aliphatic carboxylic acids is 1. The molecule has 1 aromatic carbocycles. The Morgan fingerprint density at radius 1 is 1.58 bits per heavy atom. The number of thiazole rings is 1. The summed E-state index contributed by atoms with van der Waals surface area (Å²) in [5.74, 6) is -0.377. The maximum atomic E-state index is 10.8. The van der Waals surface area contributed by atoms with Gasteiger partial charge in [0, 0.05) is 10.4 Å². The van der Waals surface area contributed by atoms with E-state index < -0.39 is 5.97 Å². The van der Waals surface area contributed by atoms with E-state index in [2.05, 4.69) is 4.98 Å². The van der Waals surface area contributed by atoms with Gasteiger partial charge in [0.25, 0.3) is 0 Å². The molecule has 0 radical (unpaired) electrons. The van der Waals surface area contributed by atoms with Crippen LogP contribution in [0.25, 0.3) is 11.3 Å². The molecule has 0 amide bonds. The van der Waals surface area contributed by atoms with Crippen molar-refractivity contribution in [1.29, 1.82) is 0 Å². The van der Waals surface area contributed by atoms with Crippen LogP contribution in [0.3, 0.4) is 0 Å². The average Bonchev–Trinajstić information content (AvgIpc) is 2.69. The summed E-state index contributed by atoms with van der Waals surface area (Å²) in [7, 11) is 1.53. The molecule has 0 aliphatic rings. The first-order chi connectivity index (χ1) is 9.01. The van der Waals surface area contributed by atoms with E-state index in [1.807, 2.05) is 0 Å². The molecule has 0 fully saturated rings. The molecule has 0 aliphatic carbocycles. The van der Waals surface area contributed by atoms with Crippen molar-refractivity contribution in [2.45, 2.75) is 6.42 Å². The molecule has 0 bridgehead atoms. The number of nitrogen functional groups attached to an aromatic ring is 1. The average molecular weight is 299 g/mol. The maximum Gasteiger partial charge on any atom is 0.308 e. The van der Waals surface area contributed by atoms with E-state index in [4.69, 9.17) is 27.2 Å². The summed E-state index contributed by atoms with van der Waals surface area (Å²) in [6.07, 6.45) is -0.117. The van der Waals surface area contributed by atoms with Gasteiger partial charge in [0.2, 0.25) is 0 Å². The van der Waals surface area contributed by atoms with Crippen molar-refractivity contribution in [3.63, 3.8) is 0 Å². The maximum absolute atomic E-state index is 10.8. The number of benzene rings is 1. The molecule has 5 nitrogen and oxygen atoms in total. The molecular formula is C12H11ClN2O3S. The van der Waals surface area contributed by atoms with Crippen molar-refractivity contribution < 1.29 is 14.6 Å². The van der Waals surface area contributed by atoms with Gasteiger partial charge in [0.05, 0.1) is 24.2 Å². The predicted octanol–water partition coefficient (Wildman–Crippen LogP) is 2.68. The SMILES string of the molecule is COc1ccc(-c2nc(N)sc2CC(=O)O)cc1Cl. The van der Waals surface area contributed by atoms with Crippen LogP contribution in [0.15, 0.2) is 18.2 Å². The van der Waals surface area contributed by atoms with Gasteiger partial charge in [0.15, 0.2) is 5.13 Å². The molecule has 0 saturated heterocycles. The first-order valence-corrected chi connectivity index (χ1v) is 6.51. The fraction of sp³-hybridized carbons (Fsp3) is 0.167. The third-order valence-corrected chi connectivity index (χ3v) is 3.63. The number of nitrogens with zero attached hydrogens (tertiary/aromatic N) is 1. The summed E-state index contributed by atoms with van der Waals surface area (Å²) in [6, 6.07) is 5.16. The molecule has 0 aliphatic heterocycles. The molecule has 1 heterocycles. The Morgan fingerprint density at radius 2 is 2.32 bits per heavy atom. The Bertz CT molecular complexity index is 627. The number of carbonyl (C=O) groups is 1. The monoisotopic (exact) mass is 298 g/mol. The number of carboxylic acids is 1. The smallest absolute Gasteiger partial charge is 0.308 e. The summed E-state index contributed by atoms with van der Waals surface area (Å²) in [5, 5.41) is 9.65. The van der Waals surface area contributed by atoms with Crippen LogP contribution in [-0.2, 0) is 11.2 Å². The van der Waals surface area contributed by atoms with Crippen LogP contribution >= 0.6 is 22.9 Å². The number of carboxylic acid groups (broad SMARTS) is 1. The predicted molar refractivity (Wildman–Crippen MR) is 74.9 cm³/mol. The minimum absolute atomic E-state index is 0.117. The zero-order valence-corrected chi connectivity index (χ0v) is 11.6. The number of rotatable bonds is 4. The highest BCUT2D eigenvalue weighted by Crippen LogP contribution is 2.34. The number of ether oxygens (including phenoxy) is 1. The van der Waals surface area contributed by atoms with Crippen LogP contribution in [0, 0.1) is 0 Å². The largest absolute Gasteiger partial charge is 0.495 e. The highest BCUT2D eigenvalue weighted by molar-refractivity contribution is 7.15. The van der Waals surface area contributed by atoms with Crippen molar-refractivity contribution in [1.82, 2.24) is 4.98 Å². The van der Waals surface area contributed by atoms with Crippen molar-refractivity contribution in [3.05, 3.63) is 28.1 Å². The van der Waals surface area contributed by atoms with Gasteiger partial charge in [-0.05, 0) is 18.2 Å². The molecule has 0 spiro atoms. The third kappa shape index (κ3) is 2.97. The van der Waals surface area contributed by atoms with Gasteiger partial charge in [-0.25, -0.2) is 4.98 Å². The van der Waals surface area contributed by atoms with Gasteiger partial charge >= 0.3 is 5.97 Å². The molecule has 19 heavy (non-hydrogen) atoms. The Kier molecular flexibility index (Phi) is 3.92. The number of methoxy groups -OCH3 is 1. The first kappa shape index (κ1) is 13.6. The highest BCUT2D eigenvalue weighted by atomic mass is 35.5. The Hall–Kier alpha value is -1.79. The lowest BCUT2D eigenvalue weighted by Gasteiger charge is -2.05. The summed E-state index contributed by atoms with van der Waals surface area (Å²) in [6.45, 7) is 0. The second kappa shape index (κ2) is 5.46. The summed E-state index contributed by atoms with van der Waals surface area (Å²) < 4.78 is 5.07. The number of aromatic nitrogens is 1. The van der Waals surface area contributed by atoms with Crippen molar-refractivity contribution in [3.8, 4) is 17.0 Å². The lowest BCUT2D eigenvalue weighted by atomic mass is 10.1. The molecule has 2 rings (SSSR count). The Morgan fingerprint density at radius 3 is 2.89 bits per heavy atom. The summed E-state index contributed by atoms with van der Waals surface area (Å²) >= 11 is 7.21. The number of hydrogen-bond donors (Lipinski definition) is 2. The van der Waals surface area contributed by atoms with Crippen LogP contribution in [0.1, 0.15) is 4.88 Å².